The van der Waals surface area contributed by atoms with Crippen LogP contribution >= 0.6 is 0 Å². The molecule has 7 nitrogen and oxygen atoms in total. The molecule has 2 aliphatic rings. The summed E-state index contributed by atoms with van der Waals surface area (Å²) in [5.41, 5.74) is 1.11. The fourth-order valence-electron chi connectivity index (χ4n) is 2.78. The van der Waals surface area contributed by atoms with Crippen LogP contribution in [0.1, 0.15) is 11.3 Å². The minimum Gasteiger partial charge on any atom is -0.328 e. The predicted molar refractivity (Wildman–Crippen MR) is 72.7 cm³/mol. The number of nitriles is 1. The molecule has 2 saturated heterocycles. The highest BCUT2D eigenvalue weighted by Gasteiger charge is 2.39. The highest BCUT2D eigenvalue weighted by atomic mass is 16.2. The number of hydrogen-bond donors (Lipinski definition) is 1. The molecule has 1 aromatic rings. The molecule has 108 valence electrons. The Morgan fingerprint density at radius 2 is 2.29 bits per heavy atom. The number of carbonyl (C=O) groups is 2. The van der Waals surface area contributed by atoms with E-state index in [-0.39, 0.29) is 6.04 Å². The number of aromatic nitrogens is 1. The highest BCUT2D eigenvalue weighted by molar-refractivity contribution is 6.35. The maximum Gasteiger partial charge on any atom is 0.312 e. The van der Waals surface area contributed by atoms with Gasteiger partial charge < -0.3 is 15.1 Å². The molecule has 3 rings (SSSR count). The molecule has 0 aliphatic carbocycles. The van der Waals surface area contributed by atoms with Gasteiger partial charge in [0.15, 0.2) is 0 Å². The van der Waals surface area contributed by atoms with Crippen LogP contribution in [-0.2, 0) is 16.1 Å². The van der Waals surface area contributed by atoms with Crippen molar-refractivity contribution in [1.29, 1.82) is 5.26 Å². The van der Waals surface area contributed by atoms with Crippen molar-refractivity contribution >= 4 is 11.8 Å². The molecule has 21 heavy (non-hydrogen) atoms. The van der Waals surface area contributed by atoms with Crippen molar-refractivity contribution in [3.8, 4) is 6.07 Å². The van der Waals surface area contributed by atoms with Crippen molar-refractivity contribution in [1.82, 2.24) is 20.1 Å². The minimum absolute atomic E-state index is 0.0289. The third kappa shape index (κ3) is 2.58. The zero-order valence-corrected chi connectivity index (χ0v) is 11.5. The Kier molecular flexibility index (Phi) is 3.54. The summed E-state index contributed by atoms with van der Waals surface area (Å²) in [6, 6.07) is 5.40. The van der Waals surface area contributed by atoms with Gasteiger partial charge in [-0.25, -0.2) is 4.98 Å². The first-order valence-electron chi connectivity index (χ1n) is 6.84. The summed E-state index contributed by atoms with van der Waals surface area (Å²) in [6.07, 6.45) is 1.54. The normalized spacial score (nSPS) is 22.0. The first-order chi connectivity index (χ1) is 10.2. The van der Waals surface area contributed by atoms with E-state index >= 15 is 0 Å². The Labute approximate surface area is 122 Å². The number of nitrogens with zero attached hydrogens (tertiary/aromatic N) is 4. The van der Waals surface area contributed by atoms with Crippen LogP contribution < -0.4 is 5.32 Å². The van der Waals surface area contributed by atoms with Crippen molar-refractivity contribution < 1.29 is 9.59 Å². The molecule has 0 aromatic carbocycles. The van der Waals surface area contributed by atoms with Gasteiger partial charge in [0.1, 0.15) is 11.8 Å². The van der Waals surface area contributed by atoms with Crippen LogP contribution in [0.3, 0.4) is 0 Å². The van der Waals surface area contributed by atoms with Crippen molar-refractivity contribution in [3.05, 3.63) is 29.6 Å². The number of hydrogen-bond acceptors (Lipinski definition) is 5. The van der Waals surface area contributed by atoms with Gasteiger partial charge in [0.25, 0.3) is 0 Å². The summed E-state index contributed by atoms with van der Waals surface area (Å²) >= 11 is 0. The van der Waals surface area contributed by atoms with Gasteiger partial charge in [-0.05, 0) is 17.7 Å². The summed E-state index contributed by atoms with van der Waals surface area (Å²) in [7, 11) is 0. The van der Waals surface area contributed by atoms with Gasteiger partial charge in [-0.2, -0.15) is 5.26 Å². The Morgan fingerprint density at radius 3 is 3.10 bits per heavy atom. The van der Waals surface area contributed by atoms with E-state index in [1.165, 1.54) is 0 Å². The van der Waals surface area contributed by atoms with Gasteiger partial charge in [0.05, 0.1) is 6.04 Å². The highest BCUT2D eigenvalue weighted by Crippen LogP contribution is 2.16. The monoisotopic (exact) mass is 285 g/mol. The van der Waals surface area contributed by atoms with E-state index in [1.807, 2.05) is 6.07 Å². The lowest BCUT2D eigenvalue weighted by Gasteiger charge is -2.43. The second-order valence-electron chi connectivity index (χ2n) is 5.20. The first kappa shape index (κ1) is 13.5. The predicted octanol–water partition coefficient (Wildman–Crippen LogP) is -0.904. The van der Waals surface area contributed by atoms with Gasteiger partial charge in [-0.1, -0.05) is 0 Å². The number of nitrogens with one attached hydrogen (secondary N) is 1. The van der Waals surface area contributed by atoms with Crippen molar-refractivity contribution in [2.45, 2.75) is 12.6 Å². The molecule has 7 heteroatoms. The van der Waals surface area contributed by atoms with Crippen LogP contribution in [-0.4, -0.2) is 58.8 Å². The number of pyridine rings is 1. The standard InChI is InChI=1S/C14H15N5O2/c15-6-11-5-10(1-2-17-11)8-18-9-12-7-16-3-4-19(12)14(21)13(18)20/h1-2,5,12,16H,3-4,7-9H2. The van der Waals surface area contributed by atoms with E-state index < -0.39 is 11.8 Å². The molecule has 2 fully saturated rings. The third-order valence-corrected chi connectivity index (χ3v) is 3.82. The zero-order valence-electron chi connectivity index (χ0n) is 11.5. The molecule has 1 N–H and O–H groups in total. The minimum atomic E-state index is -0.469. The van der Waals surface area contributed by atoms with Gasteiger partial charge in [0.2, 0.25) is 0 Å². The molecular formula is C14H15N5O2. The lowest BCUT2D eigenvalue weighted by molar-refractivity contribution is -0.160. The third-order valence-electron chi connectivity index (χ3n) is 3.82. The summed E-state index contributed by atoms with van der Waals surface area (Å²) in [4.78, 5) is 31.4. The van der Waals surface area contributed by atoms with E-state index in [9.17, 15) is 9.59 Å². The maximum absolute atomic E-state index is 12.2. The van der Waals surface area contributed by atoms with E-state index in [0.29, 0.717) is 31.9 Å². The van der Waals surface area contributed by atoms with Crippen molar-refractivity contribution in [2.24, 2.45) is 0 Å². The van der Waals surface area contributed by atoms with E-state index in [0.717, 1.165) is 12.1 Å². The quantitative estimate of drug-likeness (QED) is 0.711. The molecule has 2 aliphatic heterocycles. The van der Waals surface area contributed by atoms with Crippen LogP contribution in [0, 0.1) is 11.3 Å². The zero-order chi connectivity index (χ0) is 14.8. The molecule has 1 aromatic heterocycles. The molecule has 3 heterocycles. The second kappa shape index (κ2) is 5.50. The van der Waals surface area contributed by atoms with Crippen LogP contribution in [0.2, 0.25) is 0 Å². The molecule has 0 bridgehead atoms. The lowest BCUT2D eigenvalue weighted by Crippen LogP contribution is -2.65. The fraction of sp³-hybridized carbons (Fsp3) is 0.429. The van der Waals surface area contributed by atoms with Gasteiger partial charge in [-0.15, -0.1) is 0 Å². The second-order valence-corrected chi connectivity index (χ2v) is 5.20. The Hall–Kier alpha value is -2.46. The fourth-order valence-corrected chi connectivity index (χ4v) is 2.78. The Bertz CT molecular complexity index is 624. The van der Waals surface area contributed by atoms with E-state index in [2.05, 4.69) is 10.3 Å². The van der Waals surface area contributed by atoms with E-state index in [4.69, 9.17) is 5.26 Å². The lowest BCUT2D eigenvalue weighted by atomic mass is 10.1. The molecule has 0 saturated carbocycles. The summed E-state index contributed by atoms with van der Waals surface area (Å²) in [5, 5.41) is 12.1. The van der Waals surface area contributed by atoms with E-state index in [1.54, 1.807) is 28.1 Å². The number of fused-ring (bicyclic) bond motifs is 1. The molecule has 1 atom stereocenters. The van der Waals surface area contributed by atoms with Crippen molar-refractivity contribution in [3.63, 3.8) is 0 Å². The molecule has 1 unspecified atom stereocenters. The first-order valence-corrected chi connectivity index (χ1v) is 6.84. The average molecular weight is 285 g/mol. The Morgan fingerprint density at radius 1 is 1.43 bits per heavy atom. The van der Waals surface area contributed by atoms with Crippen LogP contribution in [0.4, 0.5) is 0 Å². The van der Waals surface area contributed by atoms with Crippen LogP contribution in [0.15, 0.2) is 18.3 Å². The summed E-state index contributed by atoms with van der Waals surface area (Å²) in [6.45, 7) is 2.85. The number of amides is 2. The van der Waals surface area contributed by atoms with Crippen molar-refractivity contribution in [2.75, 3.05) is 26.2 Å². The van der Waals surface area contributed by atoms with Gasteiger partial charge >= 0.3 is 11.8 Å². The molecular weight excluding hydrogens is 270 g/mol. The maximum atomic E-state index is 12.2. The smallest absolute Gasteiger partial charge is 0.312 e. The van der Waals surface area contributed by atoms with Gasteiger partial charge in [0, 0.05) is 38.9 Å². The van der Waals surface area contributed by atoms with Gasteiger partial charge in [-0.3, -0.25) is 9.59 Å². The van der Waals surface area contributed by atoms with Crippen LogP contribution in [0.25, 0.3) is 0 Å². The van der Waals surface area contributed by atoms with Crippen LogP contribution in [0.5, 0.6) is 0 Å². The summed E-state index contributed by atoms with van der Waals surface area (Å²) in [5.74, 6) is -0.897. The number of rotatable bonds is 2. The topological polar surface area (TPSA) is 89.3 Å². The largest absolute Gasteiger partial charge is 0.328 e. The molecule has 2 amide bonds. The number of piperazine rings is 2. The number of carbonyl (C=O) groups excluding carboxylic acids is 2. The molecule has 0 radical (unpaired) electrons. The summed E-state index contributed by atoms with van der Waals surface area (Å²) < 4.78 is 0. The molecule has 0 spiro atoms. The SMILES string of the molecule is N#Cc1cc(CN2CC3CNCCN3C(=O)C2=O)ccn1. The average Bonchev–Trinajstić information content (AvgIpc) is 2.52. The Balaban J connectivity index is 1.77.